The molecular formula is C36H49N3O5S2. The standard InChI is InChI=1S/C36H49N3O5S2/c1-8-9-10-11-24-15-27(40)30(26-14-22(6)12-13-25(26)21(4)5)28(16-24)44-35(45)37-18-29-31(32(41)43-19-20(2)3)39-33(42)36(34(39)46-29)23(7)17-38-36/h14-16,20,23,25-26,34,38,40H,4,8-13,17-19H2,1-3,5-7H3,(H,37,45)/t23?,25-,26+,34?,36?/m0/s1. The molecule has 0 radical (unpaired) electrons. The number of thiocarbonyl (C=S) groups is 1. The van der Waals surface area contributed by atoms with Gasteiger partial charge in [0.25, 0.3) is 11.1 Å². The number of thioether (sulfide) groups is 1. The summed E-state index contributed by atoms with van der Waals surface area (Å²) in [5.74, 6) is 0.563. The molecule has 3 N–H and O–H groups in total. The van der Waals surface area contributed by atoms with E-state index in [1.165, 1.54) is 17.3 Å². The zero-order valence-electron chi connectivity index (χ0n) is 28.0. The molecule has 0 saturated carbocycles. The Morgan fingerprint density at radius 1 is 1.33 bits per heavy atom. The van der Waals surface area contributed by atoms with Gasteiger partial charge in [0.2, 0.25) is 0 Å². The van der Waals surface area contributed by atoms with Crippen molar-refractivity contribution in [2.45, 2.75) is 96.9 Å². The molecule has 250 valence electrons. The number of allylic oxidation sites excluding steroid dienone is 3. The Labute approximate surface area is 283 Å². The number of nitrogens with one attached hydrogen (secondary N) is 2. The Morgan fingerprint density at radius 2 is 2.09 bits per heavy atom. The van der Waals surface area contributed by atoms with Gasteiger partial charge < -0.3 is 25.2 Å². The summed E-state index contributed by atoms with van der Waals surface area (Å²) in [5, 5.41) is 17.9. The van der Waals surface area contributed by atoms with Gasteiger partial charge in [0.05, 0.1) is 13.2 Å². The summed E-state index contributed by atoms with van der Waals surface area (Å²) in [6.45, 7) is 17.9. The second kappa shape index (κ2) is 14.1. The van der Waals surface area contributed by atoms with Crippen molar-refractivity contribution in [1.29, 1.82) is 0 Å². The van der Waals surface area contributed by atoms with E-state index in [0.29, 0.717) is 16.2 Å². The van der Waals surface area contributed by atoms with E-state index in [2.05, 4.69) is 44.1 Å². The van der Waals surface area contributed by atoms with Crippen molar-refractivity contribution in [3.05, 3.63) is 57.7 Å². The maximum atomic E-state index is 13.4. The third-order valence-electron chi connectivity index (χ3n) is 9.73. The first-order valence-electron chi connectivity index (χ1n) is 16.7. The first-order valence-corrected chi connectivity index (χ1v) is 18.0. The summed E-state index contributed by atoms with van der Waals surface area (Å²) in [7, 11) is 0. The molecule has 3 aliphatic heterocycles. The SMILES string of the molecule is C=C(C)[C@@H]1CCC(C)=C[C@H]1c1c(O)cc(CCCCC)cc1OC(=S)NCC1=C(C(=O)OCC(C)C)N2C(=O)C3(NCC3C)C2S1. The third-order valence-corrected chi connectivity index (χ3v) is 11.4. The van der Waals surface area contributed by atoms with Gasteiger partial charge in [0.15, 0.2) is 0 Å². The fourth-order valence-electron chi connectivity index (χ4n) is 7.03. The van der Waals surface area contributed by atoms with Gasteiger partial charge >= 0.3 is 5.97 Å². The highest BCUT2D eigenvalue weighted by Crippen LogP contribution is 2.56. The van der Waals surface area contributed by atoms with Crippen LogP contribution in [0.3, 0.4) is 0 Å². The number of fused-ring (bicyclic) bond motifs is 2. The molecule has 8 nitrogen and oxygen atoms in total. The van der Waals surface area contributed by atoms with Crippen LogP contribution < -0.4 is 15.4 Å². The van der Waals surface area contributed by atoms with Crippen LogP contribution in [0.1, 0.15) is 90.7 Å². The molecule has 1 aliphatic carbocycles. The molecular weight excluding hydrogens is 619 g/mol. The molecule has 5 rings (SSSR count). The van der Waals surface area contributed by atoms with Gasteiger partial charge in [0, 0.05) is 22.9 Å². The lowest BCUT2D eigenvalue weighted by molar-refractivity contribution is -0.168. The van der Waals surface area contributed by atoms with Crippen LogP contribution in [0.2, 0.25) is 0 Å². The second-order valence-electron chi connectivity index (χ2n) is 13.8. The van der Waals surface area contributed by atoms with E-state index in [1.807, 2.05) is 32.9 Å². The number of benzene rings is 1. The number of β-lactam (4-membered cyclic amide) rings is 1. The number of esters is 1. The minimum absolute atomic E-state index is 0.0861. The van der Waals surface area contributed by atoms with Crippen molar-refractivity contribution in [3.63, 3.8) is 0 Å². The number of rotatable bonds is 12. The number of carbonyl (C=O) groups is 2. The number of nitrogens with zero attached hydrogens (tertiary/aromatic N) is 1. The molecule has 1 aromatic carbocycles. The lowest BCUT2D eigenvalue weighted by Gasteiger charge is -2.61. The molecule has 4 aliphatic rings. The quantitative estimate of drug-likeness (QED) is 0.0740. The maximum absolute atomic E-state index is 13.4. The number of amides is 1. The van der Waals surface area contributed by atoms with E-state index in [1.54, 1.807) is 4.90 Å². The molecule has 2 saturated heterocycles. The first kappa shape index (κ1) is 34.5. The van der Waals surface area contributed by atoms with Crippen molar-refractivity contribution in [3.8, 4) is 11.5 Å². The average molecular weight is 668 g/mol. The normalized spacial score (nSPS) is 26.8. The second-order valence-corrected chi connectivity index (χ2v) is 15.4. The molecule has 1 amide bonds. The third kappa shape index (κ3) is 6.49. The molecule has 3 unspecified atom stereocenters. The van der Waals surface area contributed by atoms with Crippen LogP contribution in [0.5, 0.6) is 11.5 Å². The van der Waals surface area contributed by atoms with Crippen molar-refractivity contribution in [2.75, 3.05) is 19.7 Å². The topological polar surface area (TPSA) is 100 Å². The van der Waals surface area contributed by atoms with Crippen LogP contribution in [-0.4, -0.2) is 57.7 Å². The van der Waals surface area contributed by atoms with Gasteiger partial charge in [0.1, 0.15) is 28.1 Å². The van der Waals surface area contributed by atoms with Gasteiger partial charge in [-0.3, -0.25) is 9.69 Å². The van der Waals surface area contributed by atoms with E-state index < -0.39 is 11.5 Å². The van der Waals surface area contributed by atoms with E-state index in [9.17, 15) is 14.7 Å². The summed E-state index contributed by atoms with van der Waals surface area (Å²) in [5.41, 5.74) is 3.69. The Hall–Kier alpha value is -2.82. The zero-order chi connectivity index (χ0) is 33.3. The minimum Gasteiger partial charge on any atom is -0.507 e. The lowest BCUT2D eigenvalue weighted by atomic mass is 9.70. The van der Waals surface area contributed by atoms with Crippen molar-refractivity contribution >= 4 is 41.0 Å². The zero-order valence-corrected chi connectivity index (χ0v) is 29.7. The van der Waals surface area contributed by atoms with E-state index in [0.717, 1.165) is 56.2 Å². The van der Waals surface area contributed by atoms with Crippen molar-refractivity contribution < 1.29 is 24.2 Å². The fourth-order valence-corrected chi connectivity index (χ4v) is 8.82. The van der Waals surface area contributed by atoms with Gasteiger partial charge in [-0.2, -0.15) is 0 Å². The van der Waals surface area contributed by atoms with E-state index in [-0.39, 0.29) is 64.7 Å². The first-order chi connectivity index (χ1) is 21.9. The average Bonchev–Trinajstić information content (AvgIpc) is 3.33. The number of unbranched alkanes of at least 4 members (excludes halogenated alkanes) is 2. The van der Waals surface area contributed by atoms with Crippen LogP contribution in [0.4, 0.5) is 0 Å². The highest BCUT2D eigenvalue weighted by atomic mass is 32.2. The van der Waals surface area contributed by atoms with Crippen molar-refractivity contribution in [1.82, 2.24) is 15.5 Å². The van der Waals surface area contributed by atoms with E-state index >= 15 is 0 Å². The van der Waals surface area contributed by atoms with Gasteiger partial charge in [-0.15, -0.1) is 0 Å². The van der Waals surface area contributed by atoms with Crippen LogP contribution in [0, 0.1) is 17.8 Å². The van der Waals surface area contributed by atoms with E-state index in [4.69, 9.17) is 21.7 Å². The van der Waals surface area contributed by atoms with Crippen LogP contribution >= 0.6 is 24.0 Å². The Kier molecular flexibility index (Phi) is 10.6. The smallest absolute Gasteiger partial charge is 0.355 e. The Bertz CT molecular complexity index is 1470. The Morgan fingerprint density at radius 3 is 2.72 bits per heavy atom. The van der Waals surface area contributed by atoms with Gasteiger partial charge in [-0.1, -0.05) is 76.1 Å². The number of carbonyl (C=O) groups excluding carboxylic acids is 2. The van der Waals surface area contributed by atoms with Gasteiger partial charge in [-0.05, 0) is 87.2 Å². The summed E-state index contributed by atoms with van der Waals surface area (Å²) >= 11 is 7.23. The highest BCUT2D eigenvalue weighted by molar-refractivity contribution is 8.04. The molecule has 1 aromatic rings. The van der Waals surface area contributed by atoms with Crippen LogP contribution in [-0.2, 0) is 20.7 Å². The highest BCUT2D eigenvalue weighted by Gasteiger charge is 2.71. The molecule has 5 atom stereocenters. The predicted octanol–water partition coefficient (Wildman–Crippen LogP) is 6.70. The number of phenolic OH excluding ortho intramolecular Hbond substituents is 1. The molecule has 0 bridgehead atoms. The van der Waals surface area contributed by atoms with Crippen molar-refractivity contribution in [2.24, 2.45) is 17.8 Å². The number of phenols is 1. The summed E-state index contributed by atoms with van der Waals surface area (Å²) < 4.78 is 12.0. The monoisotopic (exact) mass is 667 g/mol. The molecule has 1 spiro atoms. The van der Waals surface area contributed by atoms with Crippen LogP contribution in [0.15, 0.2) is 46.5 Å². The molecule has 46 heavy (non-hydrogen) atoms. The fraction of sp³-hybridized carbons (Fsp3) is 0.583. The number of aryl methyl sites for hydroxylation is 1. The molecule has 0 aromatic heterocycles. The summed E-state index contributed by atoms with van der Waals surface area (Å²) in [6.07, 6.45) is 8.21. The molecule has 10 heteroatoms. The van der Waals surface area contributed by atoms with Gasteiger partial charge in [-0.25, -0.2) is 4.79 Å². The summed E-state index contributed by atoms with van der Waals surface area (Å²) in [6, 6.07) is 3.87. The molecule has 2 fully saturated rings. The largest absolute Gasteiger partial charge is 0.507 e. The molecule has 3 heterocycles. The minimum atomic E-state index is -0.650. The number of aromatic hydroxyl groups is 1. The lowest BCUT2D eigenvalue weighted by Crippen LogP contribution is -2.86. The predicted molar refractivity (Wildman–Crippen MR) is 188 cm³/mol. The number of hydrogen-bond acceptors (Lipinski definition) is 8. The maximum Gasteiger partial charge on any atom is 0.355 e. The number of ether oxygens (including phenoxy) is 2. The summed E-state index contributed by atoms with van der Waals surface area (Å²) in [4.78, 5) is 29.0. The number of hydrogen-bond donors (Lipinski definition) is 3. The Balaban J connectivity index is 1.39. The van der Waals surface area contributed by atoms with Crippen LogP contribution in [0.25, 0.3) is 0 Å².